The first kappa shape index (κ1) is 43.5. The van der Waals surface area contributed by atoms with E-state index in [1.54, 1.807) is 0 Å². The molecule has 338 valence electrons. The summed E-state index contributed by atoms with van der Waals surface area (Å²) in [5.41, 5.74) is 15.6. The van der Waals surface area contributed by atoms with Crippen LogP contribution in [0.25, 0.3) is 97.0 Å². The third-order valence-electron chi connectivity index (χ3n) is 14.4. The zero-order valence-electron chi connectivity index (χ0n) is 40.7. The van der Waals surface area contributed by atoms with Gasteiger partial charge in [-0.25, -0.2) is 0 Å². The Kier molecular flexibility index (Phi) is 10.6. The molecule has 12 rings (SSSR count). The second-order valence-corrected chi connectivity index (χ2v) is 21.9. The van der Waals surface area contributed by atoms with E-state index in [0.29, 0.717) is 0 Å². The molecule has 0 aliphatic heterocycles. The number of anilines is 3. The fraction of sp³-hybridized carbons (Fsp3) is 0.118. The Bertz CT molecular complexity index is 3950. The summed E-state index contributed by atoms with van der Waals surface area (Å²) < 4.78 is 2.62. The third kappa shape index (κ3) is 7.55. The van der Waals surface area contributed by atoms with Gasteiger partial charge in [0.1, 0.15) is 0 Å². The Morgan fingerprint density at radius 3 is 1.59 bits per heavy atom. The molecule has 0 N–H and O–H groups in total. The van der Waals surface area contributed by atoms with E-state index < -0.39 is 0 Å². The highest BCUT2D eigenvalue weighted by Crippen LogP contribution is 2.50. The van der Waals surface area contributed by atoms with Gasteiger partial charge in [0.2, 0.25) is 0 Å². The minimum atomic E-state index is -0.0157. The van der Waals surface area contributed by atoms with Crippen LogP contribution in [-0.2, 0) is 10.8 Å². The number of hydrogen-bond donors (Lipinski definition) is 0. The van der Waals surface area contributed by atoms with Gasteiger partial charge in [0.05, 0.1) is 11.4 Å². The molecule has 0 spiro atoms. The molecule has 0 amide bonds. The Balaban J connectivity index is 1.12. The Labute approximate surface area is 416 Å². The van der Waals surface area contributed by atoms with E-state index in [2.05, 4.69) is 271 Å². The van der Waals surface area contributed by atoms with E-state index in [1.165, 1.54) is 108 Å². The van der Waals surface area contributed by atoms with Gasteiger partial charge in [-0.2, -0.15) is 0 Å². The number of fused-ring (bicyclic) bond motifs is 7. The van der Waals surface area contributed by atoms with Crippen molar-refractivity contribution in [1.82, 2.24) is 0 Å². The van der Waals surface area contributed by atoms with Crippen molar-refractivity contribution in [3.63, 3.8) is 0 Å². The summed E-state index contributed by atoms with van der Waals surface area (Å²) in [5, 5.41) is 10.1. The molecule has 0 radical (unpaired) electrons. The van der Waals surface area contributed by atoms with Gasteiger partial charge in [0.25, 0.3) is 0 Å². The SMILES string of the molecule is CC(C)(C)c1cc(-c2cccc3cccc(-c4ccccc4N(c4cccc(-c5cccc6c5sc5ccccc56)c4)c4ccccc4-c4cccc5c4ccc4ccccc45)c23)cc(C(C)(C)C)c1. The van der Waals surface area contributed by atoms with Crippen molar-refractivity contribution < 1.29 is 0 Å². The van der Waals surface area contributed by atoms with Crippen LogP contribution in [0.4, 0.5) is 17.1 Å². The van der Waals surface area contributed by atoms with Crippen LogP contribution >= 0.6 is 11.3 Å². The number of benzene rings is 11. The Morgan fingerprint density at radius 1 is 0.329 bits per heavy atom. The Morgan fingerprint density at radius 2 is 0.857 bits per heavy atom. The summed E-state index contributed by atoms with van der Waals surface area (Å²) in [5.74, 6) is 0. The van der Waals surface area contributed by atoms with Crippen molar-refractivity contribution in [1.29, 1.82) is 0 Å². The summed E-state index contributed by atoms with van der Waals surface area (Å²) >= 11 is 1.88. The van der Waals surface area contributed by atoms with Crippen molar-refractivity contribution >= 4 is 80.9 Å². The fourth-order valence-electron chi connectivity index (χ4n) is 10.7. The van der Waals surface area contributed by atoms with Crippen molar-refractivity contribution in [2.45, 2.75) is 52.4 Å². The average molecular weight is 918 g/mol. The minimum absolute atomic E-state index is 0.0157. The predicted octanol–water partition coefficient (Wildman–Crippen LogP) is 20.2. The average Bonchev–Trinajstić information content (AvgIpc) is 3.77. The minimum Gasteiger partial charge on any atom is -0.309 e. The van der Waals surface area contributed by atoms with E-state index >= 15 is 0 Å². The monoisotopic (exact) mass is 917 g/mol. The quantitative estimate of drug-likeness (QED) is 0.144. The highest BCUT2D eigenvalue weighted by molar-refractivity contribution is 7.26. The highest BCUT2D eigenvalue weighted by atomic mass is 32.1. The van der Waals surface area contributed by atoms with Crippen LogP contribution in [0, 0.1) is 0 Å². The molecule has 1 heterocycles. The number of nitrogens with zero attached hydrogens (tertiary/aromatic N) is 1. The van der Waals surface area contributed by atoms with Crippen LogP contribution in [0.5, 0.6) is 0 Å². The van der Waals surface area contributed by atoms with Crippen LogP contribution in [-0.4, -0.2) is 0 Å². The van der Waals surface area contributed by atoms with Gasteiger partial charge in [0.15, 0.2) is 0 Å². The van der Waals surface area contributed by atoms with Crippen LogP contribution in [0.2, 0.25) is 0 Å². The summed E-state index contributed by atoms with van der Waals surface area (Å²) in [6, 6.07) is 84.0. The summed E-state index contributed by atoms with van der Waals surface area (Å²) in [6.45, 7) is 14.0. The molecule has 1 aromatic heterocycles. The standard InChI is InChI=1S/C68H55NS/c1-67(2,3)48-40-47(41-49(43-48)68(4,5)6)52-29-16-21-45-22-17-33-60(65(45)52)58-27-10-13-36-63(58)69(50-24-15-23-46(42-50)53-30-18-34-61-59-28-11-14-37-64(59)70-66(53)61)62-35-12-9-26-57(62)55-32-19-31-54-51-25-8-7-20-44(51)38-39-56(54)55/h7-43H,1-6H3. The summed E-state index contributed by atoms with van der Waals surface area (Å²) in [6.07, 6.45) is 0. The first-order valence-electron chi connectivity index (χ1n) is 24.6. The zero-order chi connectivity index (χ0) is 47.7. The molecule has 0 atom stereocenters. The normalized spacial score (nSPS) is 12.1. The van der Waals surface area contributed by atoms with E-state index in [-0.39, 0.29) is 10.8 Å². The molecule has 0 saturated carbocycles. The summed E-state index contributed by atoms with van der Waals surface area (Å²) in [7, 11) is 0. The highest BCUT2D eigenvalue weighted by Gasteiger charge is 2.25. The molecule has 0 unspecified atom stereocenters. The Hall–Kier alpha value is -7.78. The lowest BCUT2D eigenvalue weighted by atomic mass is 9.78. The maximum atomic E-state index is 2.53. The lowest BCUT2D eigenvalue weighted by Crippen LogP contribution is -2.16. The maximum Gasteiger partial charge on any atom is 0.0540 e. The number of hydrogen-bond acceptors (Lipinski definition) is 2. The van der Waals surface area contributed by atoms with Gasteiger partial charge in [-0.3, -0.25) is 0 Å². The first-order chi connectivity index (χ1) is 34.0. The second kappa shape index (κ2) is 17.0. The molecular formula is C68H55NS. The molecule has 12 aromatic rings. The van der Waals surface area contributed by atoms with Gasteiger partial charge in [0, 0.05) is 37.0 Å². The van der Waals surface area contributed by atoms with E-state index in [0.717, 1.165) is 17.1 Å². The third-order valence-corrected chi connectivity index (χ3v) is 15.6. The molecule has 70 heavy (non-hydrogen) atoms. The second-order valence-electron chi connectivity index (χ2n) is 20.9. The van der Waals surface area contributed by atoms with Crippen molar-refractivity contribution in [3.05, 3.63) is 236 Å². The van der Waals surface area contributed by atoms with Gasteiger partial charge >= 0.3 is 0 Å². The molecule has 0 aliphatic rings. The van der Waals surface area contributed by atoms with Gasteiger partial charge in [-0.1, -0.05) is 236 Å². The van der Waals surface area contributed by atoms with Crippen LogP contribution < -0.4 is 4.90 Å². The number of para-hydroxylation sites is 2. The molecule has 1 nitrogen and oxygen atoms in total. The largest absolute Gasteiger partial charge is 0.309 e. The smallest absolute Gasteiger partial charge is 0.0540 e. The van der Waals surface area contributed by atoms with Crippen LogP contribution in [0.1, 0.15) is 52.7 Å². The zero-order valence-corrected chi connectivity index (χ0v) is 41.5. The predicted molar refractivity (Wildman–Crippen MR) is 306 cm³/mol. The lowest BCUT2D eigenvalue weighted by molar-refractivity contribution is 0.569. The molecule has 11 aromatic carbocycles. The topological polar surface area (TPSA) is 3.24 Å². The van der Waals surface area contributed by atoms with Gasteiger partial charge < -0.3 is 4.90 Å². The molecular weight excluding hydrogens is 863 g/mol. The van der Waals surface area contributed by atoms with Crippen LogP contribution in [0.3, 0.4) is 0 Å². The lowest BCUT2D eigenvalue weighted by Gasteiger charge is -2.31. The maximum absolute atomic E-state index is 2.53. The molecule has 0 bridgehead atoms. The number of thiophene rings is 1. The summed E-state index contributed by atoms with van der Waals surface area (Å²) in [4.78, 5) is 2.53. The fourth-order valence-corrected chi connectivity index (χ4v) is 12.0. The first-order valence-corrected chi connectivity index (χ1v) is 25.4. The number of rotatable bonds is 7. The van der Waals surface area contributed by atoms with Crippen molar-refractivity contribution in [2.24, 2.45) is 0 Å². The van der Waals surface area contributed by atoms with Gasteiger partial charge in [-0.05, 0) is 118 Å². The molecule has 0 saturated heterocycles. The molecule has 0 aliphatic carbocycles. The van der Waals surface area contributed by atoms with Crippen molar-refractivity contribution in [2.75, 3.05) is 4.90 Å². The molecule has 2 heteroatoms. The van der Waals surface area contributed by atoms with E-state index in [4.69, 9.17) is 0 Å². The van der Waals surface area contributed by atoms with Gasteiger partial charge in [-0.15, -0.1) is 11.3 Å². The molecule has 0 fully saturated rings. The van der Waals surface area contributed by atoms with Crippen LogP contribution in [0.15, 0.2) is 224 Å². The van der Waals surface area contributed by atoms with Crippen molar-refractivity contribution in [3.8, 4) is 44.5 Å². The van der Waals surface area contributed by atoms with E-state index in [9.17, 15) is 0 Å². The van der Waals surface area contributed by atoms with E-state index in [1.807, 2.05) is 11.3 Å².